The van der Waals surface area contributed by atoms with Gasteiger partial charge in [-0.15, -0.1) is 0 Å². The second kappa shape index (κ2) is 7.40. The Kier molecular flexibility index (Phi) is 5.34. The number of esters is 1. The van der Waals surface area contributed by atoms with Crippen molar-refractivity contribution in [1.82, 2.24) is 4.57 Å². The Hall–Kier alpha value is -2.26. The molecule has 0 aliphatic rings. The number of hydrogen-bond acceptors (Lipinski definition) is 4. The lowest BCUT2D eigenvalue weighted by Gasteiger charge is -2.06. The van der Waals surface area contributed by atoms with Crippen LogP contribution in [0.15, 0.2) is 52.0 Å². The molecular formula is C18H14BrF2NO4S. The standard InChI is InChI=1S/C18H14BrF2NO4S/c1-26-17(23)10-27(24,25)16-9-22(8-11-3-2-4-12(19)5-11)15-7-13(20)6-14(21)18(15)16/h2-7,9H,8,10H2,1H3. The van der Waals surface area contributed by atoms with Crippen LogP contribution in [0.3, 0.4) is 0 Å². The van der Waals surface area contributed by atoms with E-state index in [4.69, 9.17) is 0 Å². The van der Waals surface area contributed by atoms with E-state index >= 15 is 0 Å². The first-order valence-electron chi connectivity index (χ1n) is 7.73. The van der Waals surface area contributed by atoms with Crippen molar-refractivity contribution < 1.29 is 26.7 Å². The van der Waals surface area contributed by atoms with Gasteiger partial charge in [0.05, 0.1) is 22.9 Å². The molecule has 0 amide bonds. The molecule has 0 aliphatic heterocycles. The van der Waals surface area contributed by atoms with Gasteiger partial charge in [0.2, 0.25) is 0 Å². The van der Waals surface area contributed by atoms with Gasteiger partial charge in [-0.05, 0) is 23.8 Å². The molecule has 9 heteroatoms. The number of benzene rings is 2. The number of rotatable bonds is 5. The fourth-order valence-electron chi connectivity index (χ4n) is 2.80. The van der Waals surface area contributed by atoms with E-state index in [0.717, 1.165) is 23.2 Å². The summed E-state index contributed by atoms with van der Waals surface area (Å²) < 4.78 is 60.0. The molecule has 0 unspecified atom stereocenters. The molecule has 3 aromatic rings. The zero-order valence-electron chi connectivity index (χ0n) is 14.1. The predicted molar refractivity (Wildman–Crippen MR) is 99.2 cm³/mol. The third kappa shape index (κ3) is 4.03. The molecule has 0 aliphatic carbocycles. The summed E-state index contributed by atoms with van der Waals surface area (Å²) in [7, 11) is -3.12. The molecule has 0 fully saturated rings. The first-order chi connectivity index (χ1) is 12.7. The van der Waals surface area contributed by atoms with E-state index < -0.39 is 33.2 Å². The van der Waals surface area contributed by atoms with Crippen molar-refractivity contribution in [3.8, 4) is 0 Å². The summed E-state index contributed by atoms with van der Waals surface area (Å²) in [5, 5.41) is -0.254. The van der Waals surface area contributed by atoms with Gasteiger partial charge in [-0.25, -0.2) is 17.2 Å². The van der Waals surface area contributed by atoms with Crippen LogP contribution in [-0.4, -0.2) is 31.8 Å². The quantitative estimate of drug-likeness (QED) is 0.548. The molecule has 0 saturated carbocycles. The summed E-state index contributed by atoms with van der Waals surface area (Å²) in [6, 6.07) is 8.90. The minimum Gasteiger partial charge on any atom is -0.468 e. The van der Waals surface area contributed by atoms with Gasteiger partial charge >= 0.3 is 5.97 Å². The molecule has 0 N–H and O–H groups in total. The Morgan fingerprint density at radius 3 is 2.63 bits per heavy atom. The van der Waals surface area contributed by atoms with Crippen LogP contribution in [0.1, 0.15) is 5.56 Å². The molecule has 0 atom stereocenters. The molecule has 27 heavy (non-hydrogen) atoms. The highest BCUT2D eigenvalue weighted by Crippen LogP contribution is 2.30. The van der Waals surface area contributed by atoms with Crippen molar-refractivity contribution >= 4 is 42.6 Å². The van der Waals surface area contributed by atoms with E-state index in [9.17, 15) is 22.0 Å². The fourth-order valence-corrected chi connectivity index (χ4v) is 4.63. The minimum absolute atomic E-state index is 0.0796. The van der Waals surface area contributed by atoms with Gasteiger partial charge in [-0.1, -0.05) is 28.1 Å². The smallest absolute Gasteiger partial charge is 0.321 e. The summed E-state index contributed by atoms with van der Waals surface area (Å²) in [4.78, 5) is 11.1. The van der Waals surface area contributed by atoms with Gasteiger partial charge in [0, 0.05) is 23.3 Å². The van der Waals surface area contributed by atoms with E-state index in [0.29, 0.717) is 6.07 Å². The molecule has 1 aromatic heterocycles. The largest absolute Gasteiger partial charge is 0.468 e. The van der Waals surface area contributed by atoms with Crippen molar-refractivity contribution in [2.75, 3.05) is 12.9 Å². The maximum Gasteiger partial charge on any atom is 0.321 e. The summed E-state index contributed by atoms with van der Waals surface area (Å²) in [5.41, 5.74) is 0.874. The van der Waals surface area contributed by atoms with Gasteiger partial charge in [-0.2, -0.15) is 0 Å². The predicted octanol–water partition coefficient (Wildman–Crippen LogP) is 3.68. The Morgan fingerprint density at radius 2 is 1.96 bits per heavy atom. The first kappa shape index (κ1) is 19.5. The van der Waals surface area contributed by atoms with Crippen molar-refractivity contribution in [3.63, 3.8) is 0 Å². The van der Waals surface area contributed by atoms with Crippen LogP contribution in [0.4, 0.5) is 8.78 Å². The topological polar surface area (TPSA) is 65.4 Å². The zero-order chi connectivity index (χ0) is 19.8. The number of carbonyl (C=O) groups is 1. The summed E-state index contributed by atoms with van der Waals surface area (Å²) >= 11 is 3.34. The number of hydrogen-bond donors (Lipinski definition) is 0. The maximum absolute atomic E-state index is 14.4. The van der Waals surface area contributed by atoms with Crippen molar-refractivity contribution in [2.24, 2.45) is 0 Å². The number of halogens is 3. The number of nitrogens with zero attached hydrogens (tertiary/aromatic N) is 1. The van der Waals surface area contributed by atoms with Crippen LogP contribution in [-0.2, 0) is 25.9 Å². The normalized spacial score (nSPS) is 11.7. The second-order valence-corrected chi connectivity index (χ2v) is 8.74. The van der Waals surface area contributed by atoms with Gasteiger partial charge in [0.25, 0.3) is 0 Å². The van der Waals surface area contributed by atoms with E-state index in [1.807, 2.05) is 12.1 Å². The lowest BCUT2D eigenvalue weighted by Crippen LogP contribution is -2.17. The van der Waals surface area contributed by atoms with Crippen molar-refractivity contribution in [2.45, 2.75) is 11.4 Å². The molecule has 0 bridgehead atoms. The molecule has 3 rings (SSSR count). The van der Waals surface area contributed by atoms with Crippen LogP contribution in [0.25, 0.3) is 10.9 Å². The molecule has 0 saturated heterocycles. The number of ether oxygens (including phenoxy) is 1. The highest BCUT2D eigenvalue weighted by molar-refractivity contribution is 9.10. The van der Waals surface area contributed by atoms with Crippen LogP contribution in [0.2, 0.25) is 0 Å². The number of methoxy groups -OCH3 is 1. The van der Waals surface area contributed by atoms with Crippen LogP contribution >= 0.6 is 15.9 Å². The van der Waals surface area contributed by atoms with E-state index in [1.54, 1.807) is 12.1 Å². The number of carbonyl (C=O) groups excluding carboxylic acids is 1. The average Bonchev–Trinajstić information content (AvgIpc) is 2.94. The second-order valence-electron chi connectivity index (χ2n) is 5.87. The minimum atomic E-state index is -4.18. The van der Waals surface area contributed by atoms with Gasteiger partial charge in [0.1, 0.15) is 11.6 Å². The molecule has 1 heterocycles. The van der Waals surface area contributed by atoms with Crippen LogP contribution in [0, 0.1) is 11.6 Å². The van der Waals surface area contributed by atoms with Gasteiger partial charge < -0.3 is 9.30 Å². The SMILES string of the molecule is COC(=O)CS(=O)(=O)c1cn(Cc2cccc(Br)c2)c2cc(F)cc(F)c12. The van der Waals surface area contributed by atoms with Crippen LogP contribution in [0.5, 0.6) is 0 Å². The van der Waals surface area contributed by atoms with Gasteiger partial charge in [-0.3, -0.25) is 4.79 Å². The highest BCUT2D eigenvalue weighted by Gasteiger charge is 2.27. The molecule has 5 nitrogen and oxygen atoms in total. The number of aromatic nitrogens is 1. The van der Waals surface area contributed by atoms with Crippen molar-refractivity contribution in [1.29, 1.82) is 0 Å². The van der Waals surface area contributed by atoms with Crippen molar-refractivity contribution in [3.05, 3.63) is 64.3 Å². The Morgan fingerprint density at radius 1 is 1.22 bits per heavy atom. The fraction of sp³-hybridized carbons (Fsp3) is 0.167. The molecule has 142 valence electrons. The maximum atomic E-state index is 14.4. The monoisotopic (exact) mass is 457 g/mol. The first-order valence-corrected chi connectivity index (χ1v) is 10.2. The van der Waals surface area contributed by atoms with Crippen LogP contribution < -0.4 is 0 Å². The summed E-state index contributed by atoms with van der Waals surface area (Å²) in [5.74, 6) is -3.74. The Bertz CT molecular complexity index is 1140. The van der Waals surface area contributed by atoms with Gasteiger partial charge in [0.15, 0.2) is 15.6 Å². The lowest BCUT2D eigenvalue weighted by atomic mass is 10.2. The van der Waals surface area contributed by atoms with E-state index in [2.05, 4.69) is 20.7 Å². The summed E-state index contributed by atoms with van der Waals surface area (Å²) in [6.45, 7) is 0.187. The highest BCUT2D eigenvalue weighted by atomic mass is 79.9. The zero-order valence-corrected chi connectivity index (χ0v) is 16.5. The molecule has 0 radical (unpaired) electrons. The number of sulfone groups is 1. The Balaban J connectivity index is 2.19. The Labute approximate surface area is 162 Å². The third-order valence-electron chi connectivity index (χ3n) is 3.98. The van der Waals surface area contributed by atoms with E-state index in [-0.39, 0.29) is 22.3 Å². The average molecular weight is 458 g/mol. The summed E-state index contributed by atoms with van der Waals surface area (Å²) in [6.07, 6.45) is 1.21. The third-order valence-corrected chi connectivity index (χ3v) is 6.06. The lowest BCUT2D eigenvalue weighted by molar-refractivity contribution is -0.137. The molecule has 2 aromatic carbocycles. The van der Waals surface area contributed by atoms with E-state index in [1.165, 1.54) is 10.8 Å². The molecular weight excluding hydrogens is 444 g/mol. The molecule has 0 spiro atoms. The number of fused-ring (bicyclic) bond motifs is 1.